The molecule has 1 aromatic carbocycles. The minimum absolute atomic E-state index is 0.0874. The number of alkyl carbamates (subject to hydrolysis) is 1. The Labute approximate surface area is 234 Å². The first kappa shape index (κ1) is 29.9. The maximum atomic E-state index is 13.0. The van der Waals surface area contributed by atoms with Gasteiger partial charge in [-0.1, -0.05) is 20.8 Å². The summed E-state index contributed by atoms with van der Waals surface area (Å²) in [6.45, 7) is 16.5. The first-order valence-electron chi connectivity index (χ1n) is 13.2. The van der Waals surface area contributed by atoms with Crippen LogP contribution in [0.1, 0.15) is 59.9 Å². The van der Waals surface area contributed by atoms with Crippen LogP contribution in [-0.2, 0) is 23.4 Å². The van der Waals surface area contributed by atoms with E-state index in [1.807, 2.05) is 13.1 Å². The van der Waals surface area contributed by atoms with Crippen LogP contribution in [-0.4, -0.2) is 74.5 Å². The minimum Gasteiger partial charge on any atom is -0.453 e. The molecule has 4 rings (SSSR count). The average Bonchev–Trinajstić information content (AvgIpc) is 3.40. The highest BCUT2D eigenvalue weighted by atomic mass is 28.4. The maximum absolute atomic E-state index is 13.0. The van der Waals surface area contributed by atoms with Crippen molar-refractivity contribution >= 4 is 26.5 Å². The van der Waals surface area contributed by atoms with Gasteiger partial charge in [-0.15, -0.1) is 0 Å². The number of carbonyl (C=O) groups excluding carboxylic acids is 3. The first-order chi connectivity index (χ1) is 18.4. The van der Waals surface area contributed by atoms with Crippen molar-refractivity contribution in [2.75, 3.05) is 6.79 Å². The van der Waals surface area contributed by atoms with Crippen LogP contribution in [0.5, 0.6) is 17.2 Å². The summed E-state index contributed by atoms with van der Waals surface area (Å²) in [6.07, 6.45) is -6.02. The van der Waals surface area contributed by atoms with Gasteiger partial charge in [-0.2, -0.15) is 0 Å². The zero-order valence-corrected chi connectivity index (χ0v) is 25.4. The standard InChI is InChI=1S/C27H39NO11Si/c1-13(29)35-16-11-14(10-15-20(16)34-12-33-15)17-18(28-24(31)38-26(2,3)4)21-23(37-25(32)36-21)22(19(17)30)39-40(8,9)27(5,6)7/h10-11,17-19,21-23,30H,12H2,1-9H3,(H,28,31)/t17-,18-,19-,21+,22+,23+/m1/s1. The number of aliphatic hydroxyl groups excluding tert-OH is 1. The highest BCUT2D eigenvalue weighted by Gasteiger charge is 2.60. The van der Waals surface area contributed by atoms with Crippen molar-refractivity contribution < 1.29 is 52.3 Å². The molecule has 1 saturated carbocycles. The van der Waals surface area contributed by atoms with E-state index in [1.165, 1.54) is 13.0 Å². The lowest BCUT2D eigenvalue weighted by Crippen LogP contribution is -2.66. The number of nitrogens with one attached hydrogen (secondary N) is 1. The van der Waals surface area contributed by atoms with Crippen LogP contribution in [0.4, 0.5) is 9.59 Å². The van der Waals surface area contributed by atoms with Crippen molar-refractivity contribution in [1.29, 1.82) is 0 Å². The lowest BCUT2D eigenvalue weighted by atomic mass is 9.73. The predicted molar refractivity (Wildman–Crippen MR) is 143 cm³/mol. The Morgan fingerprint density at radius 1 is 1.05 bits per heavy atom. The van der Waals surface area contributed by atoms with Crippen LogP contribution in [0.15, 0.2) is 12.1 Å². The van der Waals surface area contributed by atoms with E-state index >= 15 is 0 Å². The van der Waals surface area contributed by atoms with Crippen LogP contribution in [0.3, 0.4) is 0 Å². The van der Waals surface area contributed by atoms with Crippen LogP contribution >= 0.6 is 0 Å². The summed E-state index contributed by atoms with van der Waals surface area (Å²) >= 11 is 0. The van der Waals surface area contributed by atoms with Crippen molar-refractivity contribution in [3.63, 3.8) is 0 Å². The summed E-state index contributed by atoms with van der Waals surface area (Å²) < 4.78 is 39.7. The number of amides is 1. The van der Waals surface area contributed by atoms with Crippen molar-refractivity contribution in [2.45, 2.75) is 109 Å². The molecular formula is C27H39NO11Si. The van der Waals surface area contributed by atoms with Gasteiger partial charge in [0, 0.05) is 12.8 Å². The quantitative estimate of drug-likeness (QED) is 0.295. The molecule has 1 aliphatic carbocycles. The van der Waals surface area contributed by atoms with Gasteiger partial charge >= 0.3 is 18.2 Å². The zero-order valence-electron chi connectivity index (χ0n) is 24.4. The highest BCUT2D eigenvalue weighted by molar-refractivity contribution is 6.74. The number of aliphatic hydroxyl groups is 1. The van der Waals surface area contributed by atoms with Gasteiger partial charge in [0.15, 0.2) is 32.0 Å². The van der Waals surface area contributed by atoms with Crippen LogP contribution in [0, 0.1) is 0 Å². The molecule has 2 heterocycles. The second-order valence-corrected chi connectivity index (χ2v) is 17.5. The van der Waals surface area contributed by atoms with Gasteiger partial charge < -0.3 is 43.3 Å². The van der Waals surface area contributed by atoms with E-state index in [0.717, 1.165) is 0 Å². The molecule has 3 aliphatic rings. The number of rotatable bonds is 5. The SMILES string of the molecule is CC(=O)Oc1cc([C@H]2[C@@H](O)[C@H](O[Si](C)(C)C(C)(C)C)[C@H]3OC(=O)O[C@H]3[C@@H]2NC(=O)OC(C)(C)C)cc2c1OCO2. The van der Waals surface area contributed by atoms with E-state index in [9.17, 15) is 19.5 Å². The summed E-state index contributed by atoms with van der Waals surface area (Å²) in [4.78, 5) is 37.3. The molecule has 0 bridgehead atoms. The van der Waals surface area contributed by atoms with Crippen LogP contribution in [0.25, 0.3) is 0 Å². The number of fused-ring (bicyclic) bond motifs is 2. The number of esters is 1. The maximum Gasteiger partial charge on any atom is 0.509 e. The van der Waals surface area contributed by atoms with Gasteiger partial charge in [-0.3, -0.25) is 4.79 Å². The molecule has 0 unspecified atom stereocenters. The third kappa shape index (κ3) is 6.00. The van der Waals surface area contributed by atoms with Crippen molar-refractivity contribution in [3.05, 3.63) is 17.7 Å². The predicted octanol–water partition coefficient (Wildman–Crippen LogP) is 3.99. The van der Waals surface area contributed by atoms with E-state index in [2.05, 4.69) is 26.1 Å². The smallest absolute Gasteiger partial charge is 0.453 e. The molecule has 2 N–H and O–H groups in total. The molecule has 13 heteroatoms. The van der Waals surface area contributed by atoms with Gasteiger partial charge in [0.05, 0.1) is 12.1 Å². The monoisotopic (exact) mass is 581 g/mol. The van der Waals surface area contributed by atoms with Gasteiger partial charge in [0.2, 0.25) is 12.5 Å². The number of carbonyl (C=O) groups is 3. The minimum atomic E-state index is -2.51. The van der Waals surface area contributed by atoms with E-state index in [4.69, 9.17) is 32.8 Å². The fraction of sp³-hybridized carbons (Fsp3) is 0.667. The molecule has 12 nitrogen and oxygen atoms in total. The van der Waals surface area contributed by atoms with Crippen molar-refractivity contribution in [2.24, 2.45) is 0 Å². The summed E-state index contributed by atoms with van der Waals surface area (Å²) in [5.74, 6) is -0.893. The normalized spacial score (nSPS) is 27.8. The second kappa shape index (κ2) is 10.4. The first-order valence-corrected chi connectivity index (χ1v) is 16.1. The van der Waals surface area contributed by atoms with Crippen LogP contribution < -0.4 is 19.5 Å². The number of benzene rings is 1. The molecule has 1 amide bonds. The topological polar surface area (TPSA) is 148 Å². The van der Waals surface area contributed by atoms with E-state index in [0.29, 0.717) is 11.3 Å². The summed E-state index contributed by atoms with van der Waals surface area (Å²) in [7, 11) is -2.51. The second-order valence-electron chi connectivity index (χ2n) is 12.8. The molecule has 2 fully saturated rings. The van der Waals surface area contributed by atoms with Crippen molar-refractivity contribution in [3.8, 4) is 17.2 Å². The van der Waals surface area contributed by atoms with Gasteiger partial charge in [0.1, 0.15) is 11.7 Å². The molecule has 2 aliphatic heterocycles. The molecule has 1 saturated heterocycles. The zero-order chi connectivity index (χ0) is 29.8. The van der Waals surface area contributed by atoms with Crippen molar-refractivity contribution in [1.82, 2.24) is 5.32 Å². The van der Waals surface area contributed by atoms with Crippen LogP contribution in [0.2, 0.25) is 18.1 Å². The Balaban J connectivity index is 1.83. The molecule has 0 radical (unpaired) electrons. The Morgan fingerprint density at radius 3 is 2.30 bits per heavy atom. The average molecular weight is 582 g/mol. The van der Waals surface area contributed by atoms with E-state index in [-0.39, 0.29) is 23.3 Å². The third-order valence-corrected chi connectivity index (χ3v) is 12.1. The Hall–Kier alpha value is -3.03. The fourth-order valence-corrected chi connectivity index (χ4v) is 6.13. The molecule has 0 spiro atoms. The Morgan fingerprint density at radius 2 is 1.70 bits per heavy atom. The number of hydrogen-bond acceptors (Lipinski definition) is 11. The number of ether oxygens (including phenoxy) is 6. The summed E-state index contributed by atoms with van der Waals surface area (Å²) in [5.41, 5.74) is -0.385. The number of hydrogen-bond donors (Lipinski definition) is 2. The molecule has 1 aromatic rings. The Bertz CT molecular complexity index is 1170. The van der Waals surface area contributed by atoms with E-state index < -0.39 is 68.5 Å². The van der Waals surface area contributed by atoms with E-state index in [1.54, 1.807) is 26.8 Å². The lowest BCUT2D eigenvalue weighted by Gasteiger charge is -2.48. The fourth-order valence-electron chi connectivity index (χ4n) is 4.83. The largest absolute Gasteiger partial charge is 0.509 e. The van der Waals surface area contributed by atoms with Gasteiger partial charge in [-0.05, 0) is 56.6 Å². The summed E-state index contributed by atoms with van der Waals surface area (Å²) in [6, 6.07) is 2.16. The molecule has 40 heavy (non-hydrogen) atoms. The Kier molecular flexibility index (Phi) is 7.80. The third-order valence-electron chi connectivity index (χ3n) is 7.58. The molecule has 6 atom stereocenters. The molecule has 222 valence electrons. The highest BCUT2D eigenvalue weighted by Crippen LogP contribution is 2.49. The molecule has 0 aromatic heterocycles. The molecular weight excluding hydrogens is 542 g/mol. The lowest BCUT2D eigenvalue weighted by molar-refractivity contribution is -0.132. The van der Waals surface area contributed by atoms with Gasteiger partial charge in [-0.25, -0.2) is 9.59 Å². The van der Waals surface area contributed by atoms with Gasteiger partial charge in [0.25, 0.3) is 0 Å². The summed E-state index contributed by atoms with van der Waals surface area (Å²) in [5, 5.41) is 14.5.